The maximum Gasteiger partial charge on any atom is 0.313 e. The van der Waals surface area contributed by atoms with Crippen molar-refractivity contribution in [1.82, 2.24) is 4.98 Å². The Bertz CT molecular complexity index is 647. The predicted molar refractivity (Wildman–Crippen MR) is 75.0 cm³/mol. The van der Waals surface area contributed by atoms with E-state index in [0.29, 0.717) is 5.56 Å². The predicted octanol–water partition coefficient (Wildman–Crippen LogP) is 3.46. The van der Waals surface area contributed by atoms with E-state index in [1.807, 2.05) is 0 Å². The summed E-state index contributed by atoms with van der Waals surface area (Å²) in [6.45, 7) is 1.78. The molecule has 6 nitrogen and oxygen atoms in total. The van der Waals surface area contributed by atoms with Gasteiger partial charge in [-0.3, -0.25) is 10.1 Å². The van der Waals surface area contributed by atoms with Crippen LogP contribution >= 0.6 is 11.6 Å². The number of rotatable bonds is 4. The second-order valence-electron chi connectivity index (χ2n) is 4.16. The fourth-order valence-corrected chi connectivity index (χ4v) is 1.83. The van der Waals surface area contributed by atoms with Gasteiger partial charge in [-0.25, -0.2) is 4.98 Å². The topological polar surface area (TPSA) is 91.3 Å². The number of pyridine rings is 1. The first-order chi connectivity index (χ1) is 9.49. The molecule has 20 heavy (non-hydrogen) atoms. The van der Waals surface area contributed by atoms with Crippen molar-refractivity contribution >= 4 is 17.3 Å². The number of ether oxygens (including phenoxy) is 1. The van der Waals surface area contributed by atoms with Crippen LogP contribution in [0, 0.1) is 10.1 Å². The molecule has 0 bridgehead atoms. The third kappa shape index (κ3) is 3.04. The first-order valence-electron chi connectivity index (χ1n) is 5.81. The Morgan fingerprint density at radius 2 is 2.20 bits per heavy atom. The molecule has 1 heterocycles. The highest BCUT2D eigenvalue weighted by atomic mass is 35.5. The van der Waals surface area contributed by atoms with Crippen LogP contribution in [-0.2, 0) is 0 Å². The lowest BCUT2D eigenvalue weighted by molar-refractivity contribution is -0.385. The third-order valence-corrected chi connectivity index (χ3v) is 2.85. The number of nitro benzene ring substituents is 1. The van der Waals surface area contributed by atoms with Gasteiger partial charge in [0.05, 0.1) is 4.92 Å². The number of benzene rings is 1. The molecule has 2 aromatic rings. The molecule has 1 aromatic carbocycles. The van der Waals surface area contributed by atoms with Crippen molar-refractivity contribution in [1.29, 1.82) is 0 Å². The van der Waals surface area contributed by atoms with E-state index in [9.17, 15) is 10.1 Å². The van der Waals surface area contributed by atoms with Crippen LogP contribution in [-0.4, -0.2) is 9.91 Å². The fraction of sp³-hybridized carbons (Fsp3) is 0.154. The van der Waals surface area contributed by atoms with Gasteiger partial charge in [-0.2, -0.15) is 0 Å². The summed E-state index contributed by atoms with van der Waals surface area (Å²) < 4.78 is 5.53. The van der Waals surface area contributed by atoms with Crippen LogP contribution in [0.15, 0.2) is 36.5 Å². The highest BCUT2D eigenvalue weighted by molar-refractivity contribution is 6.30. The van der Waals surface area contributed by atoms with Crippen LogP contribution in [0.4, 0.5) is 5.69 Å². The minimum atomic E-state index is -0.560. The number of hydrogen-bond donors (Lipinski definition) is 1. The summed E-state index contributed by atoms with van der Waals surface area (Å²) in [4.78, 5) is 14.5. The summed E-state index contributed by atoms with van der Waals surface area (Å²) in [6, 6.07) is 7.35. The lowest BCUT2D eigenvalue weighted by Crippen LogP contribution is -2.07. The van der Waals surface area contributed by atoms with Crippen LogP contribution in [0.3, 0.4) is 0 Å². The van der Waals surface area contributed by atoms with Gasteiger partial charge in [0.15, 0.2) is 0 Å². The molecular weight excluding hydrogens is 282 g/mol. The average Bonchev–Trinajstić information content (AvgIpc) is 2.41. The van der Waals surface area contributed by atoms with Gasteiger partial charge in [0.25, 0.3) is 0 Å². The van der Waals surface area contributed by atoms with E-state index in [0.717, 1.165) is 0 Å². The maximum atomic E-state index is 11.0. The molecule has 1 aromatic heterocycles. The van der Waals surface area contributed by atoms with Crippen molar-refractivity contribution < 1.29 is 9.66 Å². The molecule has 0 aliphatic heterocycles. The highest BCUT2D eigenvalue weighted by Gasteiger charge is 2.19. The van der Waals surface area contributed by atoms with Gasteiger partial charge in [0.2, 0.25) is 11.6 Å². The van der Waals surface area contributed by atoms with Gasteiger partial charge < -0.3 is 10.5 Å². The average molecular weight is 294 g/mol. The lowest BCUT2D eigenvalue weighted by atomic mass is 10.1. The van der Waals surface area contributed by atoms with Crippen molar-refractivity contribution in [2.75, 3.05) is 0 Å². The largest absolute Gasteiger partial charge is 0.431 e. The normalized spacial score (nSPS) is 11.9. The molecular formula is C13H12ClN3O3. The summed E-state index contributed by atoms with van der Waals surface area (Å²) in [5.41, 5.74) is 6.26. The Hall–Kier alpha value is -2.18. The molecule has 0 fully saturated rings. The summed E-state index contributed by atoms with van der Waals surface area (Å²) >= 11 is 5.75. The zero-order valence-corrected chi connectivity index (χ0v) is 11.4. The van der Waals surface area contributed by atoms with Crippen LogP contribution in [0.1, 0.15) is 18.5 Å². The summed E-state index contributed by atoms with van der Waals surface area (Å²) in [7, 11) is 0. The minimum Gasteiger partial charge on any atom is -0.431 e. The van der Waals surface area contributed by atoms with E-state index < -0.39 is 4.92 Å². The number of halogens is 1. The van der Waals surface area contributed by atoms with Gasteiger partial charge in [-0.05, 0) is 25.1 Å². The molecule has 1 atom stereocenters. The van der Waals surface area contributed by atoms with E-state index in [1.54, 1.807) is 19.1 Å². The first kappa shape index (κ1) is 14.2. The first-order valence-corrected chi connectivity index (χ1v) is 6.19. The van der Waals surface area contributed by atoms with E-state index in [2.05, 4.69) is 4.98 Å². The Kier molecular flexibility index (Phi) is 4.16. The van der Waals surface area contributed by atoms with Crippen LogP contribution in [0.2, 0.25) is 5.02 Å². The monoisotopic (exact) mass is 293 g/mol. The second-order valence-corrected chi connectivity index (χ2v) is 4.59. The molecule has 0 spiro atoms. The molecule has 1 unspecified atom stereocenters. The van der Waals surface area contributed by atoms with Crippen LogP contribution < -0.4 is 10.5 Å². The van der Waals surface area contributed by atoms with E-state index in [4.69, 9.17) is 22.1 Å². The smallest absolute Gasteiger partial charge is 0.313 e. The van der Waals surface area contributed by atoms with Gasteiger partial charge in [0.1, 0.15) is 0 Å². The summed E-state index contributed by atoms with van der Waals surface area (Å²) in [5.74, 6) is 0.313. The third-order valence-electron chi connectivity index (χ3n) is 2.62. The Labute approximate surface area is 120 Å². The van der Waals surface area contributed by atoms with Crippen molar-refractivity contribution in [3.8, 4) is 11.6 Å². The molecule has 0 aliphatic rings. The van der Waals surface area contributed by atoms with Crippen molar-refractivity contribution in [3.63, 3.8) is 0 Å². The summed E-state index contributed by atoms with van der Waals surface area (Å²) in [5, 5.41) is 11.3. The van der Waals surface area contributed by atoms with Crippen LogP contribution in [0.5, 0.6) is 11.6 Å². The van der Waals surface area contributed by atoms with E-state index >= 15 is 0 Å². The van der Waals surface area contributed by atoms with Gasteiger partial charge in [-0.1, -0.05) is 17.7 Å². The van der Waals surface area contributed by atoms with Gasteiger partial charge >= 0.3 is 5.69 Å². The standard InChI is InChI=1S/C13H12ClN3O3/c1-8(15)10-3-2-6-16-13(10)20-12-5-4-9(14)7-11(12)17(18)19/h2-8H,15H2,1H3. The number of nitrogens with two attached hydrogens (primary N) is 1. The molecule has 0 saturated heterocycles. The molecule has 104 valence electrons. The lowest BCUT2D eigenvalue weighted by Gasteiger charge is -2.12. The van der Waals surface area contributed by atoms with Crippen LogP contribution in [0.25, 0.3) is 0 Å². The van der Waals surface area contributed by atoms with E-state index in [-0.39, 0.29) is 28.4 Å². The number of nitro groups is 1. The minimum absolute atomic E-state index is 0.0694. The number of hydrogen-bond acceptors (Lipinski definition) is 5. The van der Waals surface area contributed by atoms with Gasteiger partial charge in [-0.15, -0.1) is 0 Å². The van der Waals surface area contributed by atoms with Gasteiger partial charge in [0, 0.05) is 28.9 Å². The quantitative estimate of drug-likeness (QED) is 0.688. The maximum absolute atomic E-state index is 11.0. The molecule has 0 saturated carbocycles. The number of aromatic nitrogens is 1. The highest BCUT2D eigenvalue weighted by Crippen LogP contribution is 2.34. The SMILES string of the molecule is CC(N)c1cccnc1Oc1ccc(Cl)cc1[N+](=O)[O-]. The second kappa shape index (κ2) is 5.85. The molecule has 0 aliphatic carbocycles. The van der Waals surface area contributed by atoms with Crippen molar-refractivity contribution in [2.24, 2.45) is 5.73 Å². The molecule has 2 N–H and O–H groups in total. The molecule has 7 heteroatoms. The number of nitrogens with zero attached hydrogens (tertiary/aromatic N) is 2. The fourth-order valence-electron chi connectivity index (χ4n) is 1.66. The summed E-state index contributed by atoms with van der Waals surface area (Å²) in [6.07, 6.45) is 1.53. The molecule has 0 amide bonds. The Morgan fingerprint density at radius 1 is 1.45 bits per heavy atom. The van der Waals surface area contributed by atoms with E-state index in [1.165, 1.54) is 24.4 Å². The van der Waals surface area contributed by atoms with Crippen molar-refractivity contribution in [2.45, 2.75) is 13.0 Å². The molecule has 2 rings (SSSR count). The van der Waals surface area contributed by atoms with Crippen molar-refractivity contribution in [3.05, 3.63) is 57.2 Å². The Balaban J connectivity index is 2.43. The molecule has 0 radical (unpaired) electrons. The zero-order valence-electron chi connectivity index (χ0n) is 10.6. The zero-order chi connectivity index (χ0) is 14.7. The Morgan fingerprint density at radius 3 is 2.85 bits per heavy atom.